The molecule has 2 aromatic carbocycles. The Morgan fingerprint density at radius 2 is 2.00 bits per heavy atom. The zero-order valence-corrected chi connectivity index (χ0v) is 11.3. The minimum Gasteiger partial charge on any atom is -0.493 e. The Hall–Kier alpha value is -2.33. The normalized spacial score (nSPS) is 16.6. The van der Waals surface area contributed by atoms with Crippen LogP contribution < -0.4 is 15.6 Å². The quantitative estimate of drug-likeness (QED) is 0.839. The Labute approximate surface area is 117 Å². The van der Waals surface area contributed by atoms with Crippen LogP contribution in [0.2, 0.25) is 0 Å². The lowest BCUT2D eigenvalue weighted by molar-refractivity contribution is -0.116. The van der Waals surface area contributed by atoms with Crippen molar-refractivity contribution in [3.05, 3.63) is 47.5 Å². The number of hydrogen-bond acceptors (Lipinski definition) is 3. The van der Waals surface area contributed by atoms with Gasteiger partial charge in [0.1, 0.15) is 5.75 Å². The summed E-state index contributed by atoms with van der Waals surface area (Å²) in [6.45, 7) is 3.15. The van der Waals surface area contributed by atoms with Gasteiger partial charge in [-0.1, -0.05) is 30.3 Å². The molecule has 1 amide bonds. The molecule has 0 atom stereocenters. The van der Waals surface area contributed by atoms with Gasteiger partial charge in [-0.25, -0.2) is 5.43 Å². The summed E-state index contributed by atoms with van der Waals surface area (Å²) in [5, 5.41) is 2.15. The predicted octanol–water partition coefficient (Wildman–Crippen LogP) is 2.26. The molecule has 2 N–H and O–H groups in total. The zero-order chi connectivity index (χ0) is 13.9. The third kappa shape index (κ3) is 2.26. The molecule has 1 heterocycles. The summed E-state index contributed by atoms with van der Waals surface area (Å²) in [5.41, 5.74) is 7.18. The topological polar surface area (TPSA) is 50.4 Å². The van der Waals surface area contributed by atoms with E-state index in [0.717, 1.165) is 27.7 Å². The van der Waals surface area contributed by atoms with E-state index in [9.17, 15) is 4.79 Å². The molecule has 1 saturated heterocycles. The molecule has 1 aliphatic heterocycles. The summed E-state index contributed by atoms with van der Waals surface area (Å²) >= 11 is 0. The summed E-state index contributed by atoms with van der Waals surface area (Å²) in [5.74, 6) is 0.808. The molecule has 2 aromatic rings. The summed E-state index contributed by atoms with van der Waals surface area (Å²) < 4.78 is 5.65. The molecule has 4 nitrogen and oxygen atoms in total. The molecule has 0 spiro atoms. The molecule has 1 aliphatic rings. The van der Waals surface area contributed by atoms with Gasteiger partial charge in [0.2, 0.25) is 0 Å². The molecule has 0 unspecified atom stereocenters. The molecular weight excluding hydrogens is 252 g/mol. The maximum Gasteiger partial charge on any atom is 0.262 e. The van der Waals surface area contributed by atoms with Crippen LogP contribution in [0.25, 0.3) is 16.8 Å². The van der Waals surface area contributed by atoms with Crippen LogP contribution in [0.15, 0.2) is 42.0 Å². The maximum absolute atomic E-state index is 11.6. The van der Waals surface area contributed by atoms with Gasteiger partial charge in [-0.05, 0) is 30.0 Å². The van der Waals surface area contributed by atoms with Gasteiger partial charge in [-0.3, -0.25) is 10.2 Å². The molecule has 0 saturated carbocycles. The zero-order valence-electron chi connectivity index (χ0n) is 11.3. The van der Waals surface area contributed by atoms with E-state index in [-0.39, 0.29) is 5.91 Å². The molecule has 0 bridgehead atoms. The second-order valence-electron chi connectivity index (χ2n) is 4.61. The molecule has 1 fully saturated rings. The Kier molecular flexibility index (Phi) is 3.39. The molecule has 0 aromatic heterocycles. The van der Waals surface area contributed by atoms with Crippen LogP contribution in [0.1, 0.15) is 12.5 Å². The van der Waals surface area contributed by atoms with Gasteiger partial charge in [0, 0.05) is 17.5 Å². The average Bonchev–Trinajstić information content (AvgIpc) is 2.86. The lowest BCUT2D eigenvalue weighted by Gasteiger charge is -2.09. The van der Waals surface area contributed by atoms with Gasteiger partial charge in [0.25, 0.3) is 5.91 Å². The lowest BCUT2D eigenvalue weighted by Crippen LogP contribution is -2.25. The molecule has 20 heavy (non-hydrogen) atoms. The summed E-state index contributed by atoms with van der Waals surface area (Å²) in [4.78, 5) is 11.6. The van der Waals surface area contributed by atoms with Gasteiger partial charge < -0.3 is 4.74 Å². The highest BCUT2D eigenvalue weighted by molar-refractivity contribution is 6.03. The lowest BCUT2D eigenvalue weighted by atomic mass is 10.0. The van der Waals surface area contributed by atoms with Crippen LogP contribution in [0.4, 0.5) is 0 Å². The fraction of sp³-hybridized carbons (Fsp3) is 0.188. The van der Waals surface area contributed by atoms with Gasteiger partial charge >= 0.3 is 0 Å². The third-order valence-corrected chi connectivity index (χ3v) is 3.32. The minimum absolute atomic E-state index is 0.0667. The van der Waals surface area contributed by atoms with Crippen molar-refractivity contribution < 1.29 is 9.53 Å². The predicted molar refractivity (Wildman–Crippen MR) is 79.2 cm³/mol. The van der Waals surface area contributed by atoms with Crippen molar-refractivity contribution in [3.63, 3.8) is 0 Å². The molecule has 4 heteroatoms. The third-order valence-electron chi connectivity index (χ3n) is 3.32. The number of benzene rings is 2. The second-order valence-corrected chi connectivity index (χ2v) is 4.61. The average molecular weight is 268 g/mol. The van der Waals surface area contributed by atoms with Crippen LogP contribution in [-0.2, 0) is 4.79 Å². The van der Waals surface area contributed by atoms with Crippen molar-refractivity contribution in [2.24, 2.45) is 0 Å². The Bertz CT molecular complexity index is 692. The second kappa shape index (κ2) is 5.35. The molecular formula is C16H16N2O2. The van der Waals surface area contributed by atoms with Gasteiger partial charge in [0.05, 0.1) is 6.61 Å². The van der Waals surface area contributed by atoms with Crippen molar-refractivity contribution in [2.45, 2.75) is 6.92 Å². The Balaban J connectivity index is 2.12. The first-order chi connectivity index (χ1) is 9.79. The fourth-order valence-corrected chi connectivity index (χ4v) is 2.40. The number of ether oxygens (including phenoxy) is 1. The largest absolute Gasteiger partial charge is 0.493 e. The van der Waals surface area contributed by atoms with E-state index in [1.165, 1.54) is 0 Å². The van der Waals surface area contributed by atoms with Crippen molar-refractivity contribution in [1.82, 2.24) is 10.9 Å². The van der Waals surface area contributed by atoms with Crippen molar-refractivity contribution in [2.75, 3.05) is 13.2 Å². The van der Waals surface area contributed by atoms with Crippen LogP contribution >= 0.6 is 0 Å². The summed E-state index contributed by atoms with van der Waals surface area (Å²) in [6.07, 6.45) is 1.92. The van der Waals surface area contributed by atoms with E-state index in [0.29, 0.717) is 13.2 Å². The number of carbonyl (C=O) groups excluding carboxylic acids is 1. The van der Waals surface area contributed by atoms with Gasteiger partial charge in [0.15, 0.2) is 0 Å². The molecule has 102 valence electrons. The number of rotatable bonds is 3. The monoisotopic (exact) mass is 268 g/mol. The number of fused-ring (bicyclic) bond motifs is 1. The summed E-state index contributed by atoms with van der Waals surface area (Å²) in [7, 11) is 0. The van der Waals surface area contributed by atoms with E-state index in [4.69, 9.17) is 4.74 Å². The van der Waals surface area contributed by atoms with Crippen molar-refractivity contribution in [3.8, 4) is 5.75 Å². The van der Waals surface area contributed by atoms with Crippen LogP contribution in [0.5, 0.6) is 5.75 Å². The highest BCUT2D eigenvalue weighted by Crippen LogP contribution is 2.29. The van der Waals surface area contributed by atoms with E-state index < -0.39 is 0 Å². The number of carbonyl (C=O) groups is 1. The van der Waals surface area contributed by atoms with Crippen molar-refractivity contribution in [1.29, 1.82) is 0 Å². The molecule has 0 aliphatic carbocycles. The minimum atomic E-state index is -0.0667. The fourth-order valence-electron chi connectivity index (χ4n) is 2.40. The van der Waals surface area contributed by atoms with Crippen LogP contribution in [-0.4, -0.2) is 19.1 Å². The first-order valence-electron chi connectivity index (χ1n) is 6.68. The first-order valence-corrected chi connectivity index (χ1v) is 6.68. The number of amides is 1. The highest BCUT2D eigenvalue weighted by atomic mass is 16.5. The molecule has 3 rings (SSSR count). The number of hydrazine groups is 1. The number of nitrogens with one attached hydrogen (secondary N) is 2. The standard InChI is InChI=1S/C16H16N2O2/c1-2-20-15-8-4-6-13-11(5-3-7-14(13)15)9-12-10-17-18-16(12)19/h3-9,17H,2,10H2,1H3,(H,18,19)/b12-9+. The van der Waals surface area contributed by atoms with E-state index in [1.807, 2.05) is 49.4 Å². The Morgan fingerprint density at radius 3 is 2.75 bits per heavy atom. The highest BCUT2D eigenvalue weighted by Gasteiger charge is 2.16. The molecule has 0 radical (unpaired) electrons. The van der Waals surface area contributed by atoms with Crippen LogP contribution in [0.3, 0.4) is 0 Å². The Morgan fingerprint density at radius 1 is 1.20 bits per heavy atom. The van der Waals surface area contributed by atoms with E-state index >= 15 is 0 Å². The maximum atomic E-state index is 11.6. The summed E-state index contributed by atoms with van der Waals surface area (Å²) in [6, 6.07) is 12.0. The van der Waals surface area contributed by atoms with E-state index in [2.05, 4.69) is 10.9 Å². The van der Waals surface area contributed by atoms with E-state index in [1.54, 1.807) is 0 Å². The van der Waals surface area contributed by atoms with Gasteiger partial charge in [-0.15, -0.1) is 0 Å². The number of hydrogen-bond donors (Lipinski definition) is 2. The SMILES string of the molecule is CCOc1cccc2c(/C=C3\CNNC3=O)cccc12. The first kappa shape index (κ1) is 12.7. The van der Waals surface area contributed by atoms with Crippen LogP contribution in [0, 0.1) is 0 Å². The smallest absolute Gasteiger partial charge is 0.262 e. The van der Waals surface area contributed by atoms with Gasteiger partial charge in [-0.2, -0.15) is 0 Å². The van der Waals surface area contributed by atoms with Crippen molar-refractivity contribution >= 4 is 22.8 Å².